The van der Waals surface area contributed by atoms with Crippen molar-refractivity contribution in [1.29, 1.82) is 0 Å². The molecule has 2 aromatic rings. The standard InChI is InChI=1S/C19H31O6Si5/c1-20-29(18-14-10-8-11-15-18)22-27(4,5)24-30(21-26(2)3,25-28(6,7)23-29)19-16-12-9-13-17-19/h8-17H,1-7H3. The fourth-order valence-corrected chi connectivity index (χ4v) is 23.7. The van der Waals surface area contributed by atoms with E-state index in [-0.39, 0.29) is 0 Å². The zero-order valence-electron chi connectivity index (χ0n) is 18.7. The molecule has 0 N–H and O–H groups in total. The molecule has 1 fully saturated rings. The van der Waals surface area contributed by atoms with Crippen LogP contribution in [0.25, 0.3) is 0 Å². The first-order chi connectivity index (χ1) is 14.0. The van der Waals surface area contributed by atoms with Crippen molar-refractivity contribution in [2.45, 2.75) is 39.3 Å². The smallest absolute Gasteiger partial charge is 0.413 e. The Kier molecular flexibility index (Phi) is 7.21. The molecule has 11 heteroatoms. The molecule has 6 nitrogen and oxygen atoms in total. The molecule has 3 rings (SSSR count). The van der Waals surface area contributed by atoms with Gasteiger partial charge in [-0.05, 0) is 39.3 Å². The Morgan fingerprint density at radius 2 is 1.00 bits per heavy atom. The average molecular weight is 496 g/mol. The molecule has 0 aromatic heterocycles. The molecular weight excluding hydrogens is 465 g/mol. The van der Waals surface area contributed by atoms with Crippen LogP contribution in [-0.4, -0.2) is 50.9 Å². The molecule has 0 amide bonds. The summed E-state index contributed by atoms with van der Waals surface area (Å²) in [6.45, 7) is 12.2. The summed E-state index contributed by atoms with van der Waals surface area (Å²) in [6, 6.07) is 19.9. The van der Waals surface area contributed by atoms with E-state index in [1.807, 2.05) is 86.9 Å². The van der Waals surface area contributed by atoms with E-state index >= 15 is 0 Å². The Bertz CT molecular complexity index is 814. The van der Waals surface area contributed by atoms with Gasteiger partial charge in [0, 0.05) is 17.5 Å². The van der Waals surface area contributed by atoms with E-state index in [0.717, 1.165) is 10.4 Å². The van der Waals surface area contributed by atoms with Crippen LogP contribution in [0.1, 0.15) is 0 Å². The second-order valence-corrected chi connectivity index (χ2v) is 23.6. The van der Waals surface area contributed by atoms with Crippen molar-refractivity contribution < 1.29 is 25.0 Å². The molecule has 0 atom stereocenters. The first-order valence-electron chi connectivity index (χ1n) is 9.97. The maximum atomic E-state index is 6.82. The zero-order chi connectivity index (χ0) is 22.0. The van der Waals surface area contributed by atoms with E-state index < -0.39 is 43.8 Å². The predicted molar refractivity (Wildman–Crippen MR) is 129 cm³/mol. The van der Waals surface area contributed by atoms with Gasteiger partial charge in [0.2, 0.25) is 0 Å². The molecule has 1 aliphatic heterocycles. The highest BCUT2D eigenvalue weighted by molar-refractivity contribution is 6.98. The van der Waals surface area contributed by atoms with Gasteiger partial charge in [0.05, 0.1) is 0 Å². The molecule has 1 aliphatic rings. The van der Waals surface area contributed by atoms with Gasteiger partial charge in [0.15, 0.2) is 9.04 Å². The Hall–Kier alpha value is -0.716. The normalized spacial score (nSPS) is 28.7. The molecule has 2 aromatic carbocycles. The van der Waals surface area contributed by atoms with Crippen molar-refractivity contribution in [3.63, 3.8) is 0 Å². The highest BCUT2D eigenvalue weighted by Gasteiger charge is 2.62. The van der Waals surface area contributed by atoms with E-state index in [4.69, 9.17) is 25.0 Å². The van der Waals surface area contributed by atoms with Gasteiger partial charge < -0.3 is 25.0 Å². The summed E-state index contributed by atoms with van der Waals surface area (Å²) in [7, 11) is -11.6. The van der Waals surface area contributed by atoms with Gasteiger partial charge in [-0.3, -0.25) is 0 Å². The second-order valence-electron chi connectivity index (χ2n) is 8.27. The van der Waals surface area contributed by atoms with Crippen molar-refractivity contribution in [2.24, 2.45) is 0 Å². The average Bonchev–Trinajstić information content (AvgIpc) is 2.66. The Morgan fingerprint density at radius 1 is 0.633 bits per heavy atom. The summed E-state index contributed by atoms with van der Waals surface area (Å²) >= 11 is 0. The van der Waals surface area contributed by atoms with E-state index in [0.29, 0.717) is 0 Å². The number of benzene rings is 2. The van der Waals surface area contributed by atoms with Crippen LogP contribution in [0.4, 0.5) is 0 Å². The van der Waals surface area contributed by atoms with E-state index in [2.05, 4.69) is 13.1 Å². The van der Waals surface area contributed by atoms with E-state index in [1.54, 1.807) is 7.11 Å². The molecule has 0 unspecified atom stereocenters. The number of rotatable bonds is 5. The quantitative estimate of drug-likeness (QED) is 0.594. The third kappa shape index (κ3) is 5.36. The summed E-state index contributed by atoms with van der Waals surface area (Å²) < 4.78 is 39.7. The lowest BCUT2D eigenvalue weighted by molar-refractivity contribution is 0.140. The van der Waals surface area contributed by atoms with Crippen LogP contribution < -0.4 is 10.4 Å². The molecule has 163 valence electrons. The molecule has 30 heavy (non-hydrogen) atoms. The molecule has 1 saturated heterocycles. The minimum Gasteiger partial charge on any atom is -0.413 e. The van der Waals surface area contributed by atoms with Gasteiger partial charge in [-0.25, -0.2) is 0 Å². The monoisotopic (exact) mass is 495 g/mol. The maximum Gasteiger partial charge on any atom is 0.519 e. The Balaban J connectivity index is 2.12. The summed E-state index contributed by atoms with van der Waals surface area (Å²) in [5, 5.41) is 1.85. The van der Waals surface area contributed by atoms with Crippen LogP contribution in [0.2, 0.25) is 39.3 Å². The molecule has 0 bridgehead atoms. The highest BCUT2D eigenvalue weighted by Crippen LogP contribution is 2.32. The SMILES string of the molecule is CO[Si]1(c2ccccc2)O[Si](C)(C)O[Si](O[Si](C)C)(c2ccccc2)O[Si](C)(C)O1. The van der Waals surface area contributed by atoms with Gasteiger partial charge in [0.25, 0.3) is 0 Å². The van der Waals surface area contributed by atoms with Gasteiger partial charge in [-0.1, -0.05) is 60.7 Å². The minimum absolute atomic E-state index is 0.909. The van der Waals surface area contributed by atoms with Crippen LogP contribution in [-0.2, 0) is 25.0 Å². The largest absolute Gasteiger partial charge is 0.519 e. The van der Waals surface area contributed by atoms with Crippen molar-refractivity contribution in [3.8, 4) is 0 Å². The van der Waals surface area contributed by atoms with Gasteiger partial charge in [-0.2, -0.15) is 0 Å². The minimum atomic E-state index is -3.27. The predicted octanol–water partition coefficient (Wildman–Crippen LogP) is 3.08. The fraction of sp³-hybridized carbons (Fsp3) is 0.368. The van der Waals surface area contributed by atoms with Crippen LogP contribution in [0.5, 0.6) is 0 Å². The first-order valence-corrected chi connectivity index (χ1v) is 21.5. The second kappa shape index (κ2) is 9.03. The van der Waals surface area contributed by atoms with E-state index in [1.165, 1.54) is 0 Å². The lowest BCUT2D eigenvalue weighted by atomic mass is 10.4. The maximum absolute atomic E-state index is 6.82. The third-order valence-corrected chi connectivity index (χ3v) is 21.9. The van der Waals surface area contributed by atoms with Crippen LogP contribution in [0, 0.1) is 0 Å². The lowest BCUT2D eigenvalue weighted by Gasteiger charge is -2.48. The molecule has 1 radical (unpaired) electrons. The zero-order valence-corrected chi connectivity index (χ0v) is 23.7. The van der Waals surface area contributed by atoms with E-state index in [9.17, 15) is 0 Å². The van der Waals surface area contributed by atoms with Crippen LogP contribution >= 0.6 is 0 Å². The number of hydrogen-bond acceptors (Lipinski definition) is 6. The van der Waals surface area contributed by atoms with Crippen molar-refractivity contribution in [3.05, 3.63) is 60.7 Å². The van der Waals surface area contributed by atoms with Crippen molar-refractivity contribution >= 4 is 54.1 Å². The number of hydrogen-bond donors (Lipinski definition) is 0. The van der Waals surface area contributed by atoms with Crippen molar-refractivity contribution in [2.75, 3.05) is 7.11 Å². The third-order valence-electron chi connectivity index (χ3n) is 4.38. The van der Waals surface area contributed by atoms with Crippen molar-refractivity contribution in [1.82, 2.24) is 0 Å². The van der Waals surface area contributed by atoms with Gasteiger partial charge >= 0.3 is 34.7 Å². The Labute approximate surface area is 186 Å². The Morgan fingerprint density at radius 3 is 1.37 bits per heavy atom. The van der Waals surface area contributed by atoms with Gasteiger partial charge in [-0.15, -0.1) is 0 Å². The van der Waals surface area contributed by atoms with Gasteiger partial charge in [0.1, 0.15) is 0 Å². The summed E-state index contributed by atoms with van der Waals surface area (Å²) in [5.74, 6) is 0. The summed E-state index contributed by atoms with van der Waals surface area (Å²) in [4.78, 5) is 0. The fourth-order valence-electron chi connectivity index (χ4n) is 3.47. The molecular formula is C19H31O6Si5. The molecule has 0 spiro atoms. The topological polar surface area (TPSA) is 55.4 Å². The first kappa shape index (κ1) is 23.9. The van der Waals surface area contributed by atoms with Crippen LogP contribution in [0.3, 0.4) is 0 Å². The molecule has 0 aliphatic carbocycles. The molecule has 0 saturated carbocycles. The van der Waals surface area contributed by atoms with Crippen LogP contribution in [0.15, 0.2) is 60.7 Å². The molecule has 1 heterocycles. The summed E-state index contributed by atoms with van der Waals surface area (Å²) in [5.41, 5.74) is 0. The lowest BCUT2D eigenvalue weighted by Crippen LogP contribution is -2.75. The summed E-state index contributed by atoms with van der Waals surface area (Å²) in [6.07, 6.45) is 0. The highest BCUT2D eigenvalue weighted by atomic mass is 28.5.